The zero-order valence-corrected chi connectivity index (χ0v) is 34.3. The second-order valence-electron chi connectivity index (χ2n) is 17.4. The summed E-state index contributed by atoms with van der Waals surface area (Å²) < 4.78 is 13.7. The first-order valence-electron chi connectivity index (χ1n) is 20.9. The van der Waals surface area contributed by atoms with Crippen LogP contribution in [0.3, 0.4) is 0 Å². The Morgan fingerprint density at radius 2 is 1.54 bits per heavy atom. The van der Waals surface area contributed by atoms with Crippen molar-refractivity contribution in [1.82, 2.24) is 4.90 Å². The number of hydrogen-bond donors (Lipinski definition) is 0. The highest BCUT2D eigenvalue weighted by atomic mass is 35.5. The molecule has 0 unspecified atom stereocenters. The summed E-state index contributed by atoms with van der Waals surface area (Å²) in [4.78, 5) is 16.2. The van der Waals surface area contributed by atoms with Gasteiger partial charge in [0.15, 0.2) is 0 Å². The number of ketones is 1. The molecule has 284 valence electrons. The van der Waals surface area contributed by atoms with Gasteiger partial charge in [-0.25, -0.2) is 0 Å². The molecule has 4 aliphatic rings. The molecule has 8 rings (SSSR count). The minimum absolute atomic E-state index is 0.233. The van der Waals surface area contributed by atoms with Gasteiger partial charge in [-0.15, -0.1) is 0 Å². The number of Topliss-reactive ketones (excluding diaryl/α,β-unsaturated/α-hetero) is 1. The van der Waals surface area contributed by atoms with E-state index in [0.29, 0.717) is 35.9 Å². The Morgan fingerprint density at radius 3 is 2.20 bits per heavy atom. The summed E-state index contributed by atoms with van der Waals surface area (Å²) in [6, 6.07) is 36.1. The van der Waals surface area contributed by atoms with Gasteiger partial charge in [0.25, 0.3) is 0 Å². The van der Waals surface area contributed by atoms with Crippen molar-refractivity contribution in [1.29, 1.82) is 0 Å². The second-order valence-corrected chi connectivity index (χ2v) is 21.2. The average Bonchev–Trinajstić information content (AvgIpc) is 3.51. The maximum Gasteiger partial charge on any atom is 0.315 e. The number of halogens is 1. The summed E-state index contributed by atoms with van der Waals surface area (Å²) in [5.41, 5.74) is 3.65. The fraction of sp³-hybridized carbons (Fsp3) is 0.479. The molecule has 6 heteroatoms. The van der Waals surface area contributed by atoms with E-state index >= 15 is 0 Å². The summed E-state index contributed by atoms with van der Waals surface area (Å²) in [5, 5.41) is 3.32. The summed E-state index contributed by atoms with van der Waals surface area (Å²) in [7, 11) is -2.73. The van der Waals surface area contributed by atoms with Gasteiger partial charge in [0.1, 0.15) is 17.3 Å². The van der Waals surface area contributed by atoms with Crippen LogP contribution in [0.2, 0.25) is 11.1 Å². The maximum atomic E-state index is 13.6. The molecular formula is C48H58ClNO3Si. The molecule has 3 aliphatic carbocycles. The number of carbonyl (C=O) groups is 1. The van der Waals surface area contributed by atoms with Crippen LogP contribution in [0.25, 0.3) is 0 Å². The molecule has 2 saturated carbocycles. The minimum atomic E-state index is -2.73. The van der Waals surface area contributed by atoms with Crippen molar-refractivity contribution >= 4 is 36.1 Å². The first-order chi connectivity index (χ1) is 26.3. The molecule has 0 spiro atoms. The molecule has 0 amide bonds. The van der Waals surface area contributed by atoms with Gasteiger partial charge in [0, 0.05) is 18.4 Å². The van der Waals surface area contributed by atoms with Gasteiger partial charge >= 0.3 is 8.32 Å². The van der Waals surface area contributed by atoms with Crippen molar-refractivity contribution in [3.05, 3.63) is 119 Å². The number of piperidine rings is 1. The van der Waals surface area contributed by atoms with Crippen molar-refractivity contribution in [2.45, 2.75) is 96.4 Å². The van der Waals surface area contributed by atoms with Gasteiger partial charge < -0.3 is 14.1 Å². The van der Waals surface area contributed by atoms with Crippen LogP contribution in [0.5, 0.6) is 11.5 Å². The van der Waals surface area contributed by atoms with Crippen LogP contribution in [0.4, 0.5) is 0 Å². The van der Waals surface area contributed by atoms with Gasteiger partial charge in [-0.1, -0.05) is 118 Å². The van der Waals surface area contributed by atoms with E-state index in [1.165, 1.54) is 59.4 Å². The molecule has 54 heavy (non-hydrogen) atoms. The van der Waals surface area contributed by atoms with Crippen molar-refractivity contribution in [2.75, 3.05) is 26.2 Å². The van der Waals surface area contributed by atoms with E-state index in [9.17, 15) is 4.79 Å². The number of fused-ring (bicyclic) bond motifs is 5. The predicted molar refractivity (Wildman–Crippen MR) is 224 cm³/mol. The number of nitrogens with zero attached hydrogens (tertiary/aromatic N) is 1. The first kappa shape index (κ1) is 37.5. The lowest BCUT2D eigenvalue weighted by Gasteiger charge is -2.52. The van der Waals surface area contributed by atoms with E-state index in [1.54, 1.807) is 0 Å². The Balaban J connectivity index is 1.11. The molecule has 1 heterocycles. The van der Waals surface area contributed by atoms with Crippen LogP contribution >= 0.6 is 11.6 Å². The van der Waals surface area contributed by atoms with Crippen LogP contribution in [0.15, 0.2) is 97.1 Å². The average molecular weight is 761 g/mol. The zero-order valence-electron chi connectivity index (χ0n) is 32.6. The fourth-order valence-electron chi connectivity index (χ4n) is 11.1. The first-order valence-corrected chi connectivity index (χ1v) is 23.4. The number of hydrogen-bond acceptors (Lipinski definition) is 4. The quantitative estimate of drug-likeness (QED) is 0.107. The zero-order chi connectivity index (χ0) is 37.3. The number of benzene rings is 4. The van der Waals surface area contributed by atoms with Gasteiger partial charge in [0.2, 0.25) is 0 Å². The maximum absolute atomic E-state index is 13.6. The highest BCUT2D eigenvalue weighted by Crippen LogP contribution is 2.64. The van der Waals surface area contributed by atoms with Crippen molar-refractivity contribution in [3.8, 4) is 11.5 Å². The molecule has 0 radical (unpaired) electrons. The summed E-state index contributed by atoms with van der Waals surface area (Å²) in [6.07, 6.45) is 9.64. The van der Waals surface area contributed by atoms with E-state index in [4.69, 9.17) is 20.8 Å². The van der Waals surface area contributed by atoms with Crippen LogP contribution in [-0.2, 0) is 11.2 Å². The molecular weight excluding hydrogens is 702 g/mol. The van der Waals surface area contributed by atoms with Crippen molar-refractivity contribution in [2.24, 2.45) is 23.2 Å². The van der Waals surface area contributed by atoms with Crippen LogP contribution in [0, 0.1) is 23.2 Å². The van der Waals surface area contributed by atoms with E-state index in [-0.39, 0.29) is 11.3 Å². The van der Waals surface area contributed by atoms with Gasteiger partial charge in [0.05, 0.1) is 11.6 Å². The molecule has 1 saturated heterocycles. The van der Waals surface area contributed by atoms with Gasteiger partial charge in [-0.2, -0.15) is 0 Å². The van der Waals surface area contributed by atoms with E-state index in [1.807, 2.05) is 0 Å². The Bertz CT molecular complexity index is 1850. The van der Waals surface area contributed by atoms with Gasteiger partial charge in [-0.3, -0.25) is 4.79 Å². The summed E-state index contributed by atoms with van der Waals surface area (Å²) in [5.74, 6) is 4.05. The monoisotopic (exact) mass is 759 g/mol. The fourth-order valence-corrected chi connectivity index (χ4v) is 15.8. The van der Waals surface area contributed by atoms with Crippen molar-refractivity contribution in [3.63, 3.8) is 0 Å². The Hall–Kier alpha value is -3.38. The third kappa shape index (κ3) is 7.21. The normalized spacial score (nSPS) is 25.5. The molecule has 4 aromatic rings. The smallest absolute Gasteiger partial charge is 0.315 e. The molecule has 5 atom stereocenters. The molecule has 4 nitrogen and oxygen atoms in total. The predicted octanol–water partition coefficient (Wildman–Crippen LogP) is 10.2. The topological polar surface area (TPSA) is 38.8 Å². The minimum Gasteiger partial charge on any atom is -0.533 e. The van der Waals surface area contributed by atoms with E-state index in [2.05, 4.69) is 123 Å². The lowest BCUT2D eigenvalue weighted by Crippen LogP contribution is -2.64. The second kappa shape index (κ2) is 16.0. The number of rotatable bonds is 12. The summed E-state index contributed by atoms with van der Waals surface area (Å²) in [6.45, 7) is 11.2. The van der Waals surface area contributed by atoms with Crippen molar-refractivity contribution < 1.29 is 14.0 Å². The van der Waals surface area contributed by atoms with Crippen LogP contribution in [-0.4, -0.2) is 45.2 Å². The standard InChI is InChI=1S/C48H58ClNO3Si/c1-34(2)33-54(37-14-7-4-8-15-37,38-16-9-5-10-17-38)53-44-26-24-39-40(47(44)49)22-23-41-43-25-27-45(51)48(43,3)32-42(46(39)41)35-18-20-36(21-19-35)52-31-13-30-50-28-11-6-12-29-50/h4-5,7-10,14-21,24,26,34,41-43,46H,6,11-13,22-23,25,27-33H2,1-3H3/t41-,42+,43-,46+,48-/m0/s1. The molecule has 3 fully saturated rings. The third-order valence-corrected chi connectivity index (χ3v) is 18.5. The number of ether oxygens (including phenoxy) is 1. The largest absolute Gasteiger partial charge is 0.533 e. The molecule has 4 aromatic carbocycles. The molecule has 0 bridgehead atoms. The summed E-state index contributed by atoms with van der Waals surface area (Å²) >= 11 is 7.59. The number of likely N-dealkylation sites (tertiary alicyclic amines) is 1. The van der Waals surface area contributed by atoms with Gasteiger partial charge in [-0.05, 0) is 139 Å². The SMILES string of the molecule is CC(C)C[Si](Oc1ccc2c(c1Cl)CC[C@@H]1[C@@H]2[C@@H](c2ccc(OCCCN3CCCCC3)cc2)C[C@]2(C)C(=O)CC[C@@H]12)(c1ccccc1)c1ccccc1. The van der Waals surface area contributed by atoms with Crippen LogP contribution in [0.1, 0.15) is 101 Å². The third-order valence-electron chi connectivity index (χ3n) is 13.6. The molecule has 1 aliphatic heterocycles. The molecule has 0 N–H and O–H groups in total. The Labute approximate surface area is 329 Å². The van der Waals surface area contributed by atoms with E-state index < -0.39 is 8.32 Å². The lowest BCUT2D eigenvalue weighted by molar-refractivity contribution is -0.130. The number of carbonyl (C=O) groups excluding carboxylic acids is 1. The van der Waals surface area contributed by atoms with E-state index in [0.717, 1.165) is 67.8 Å². The Kier molecular flexibility index (Phi) is 11.1. The lowest BCUT2D eigenvalue weighted by atomic mass is 9.51. The highest BCUT2D eigenvalue weighted by Gasteiger charge is 2.58. The molecule has 0 aromatic heterocycles. The highest BCUT2D eigenvalue weighted by molar-refractivity contribution is 6.98. The Morgan fingerprint density at radius 1 is 0.852 bits per heavy atom. The van der Waals surface area contributed by atoms with Crippen LogP contribution < -0.4 is 19.5 Å².